The Morgan fingerprint density at radius 1 is 1.16 bits per heavy atom. The van der Waals surface area contributed by atoms with E-state index in [-0.39, 0.29) is 6.23 Å². The van der Waals surface area contributed by atoms with Crippen molar-refractivity contribution in [2.24, 2.45) is 0 Å². The van der Waals surface area contributed by atoms with Crippen LogP contribution in [-0.2, 0) is 4.74 Å². The van der Waals surface area contributed by atoms with E-state index < -0.39 is 0 Å². The first-order valence-corrected chi connectivity index (χ1v) is 10.7. The number of benzene rings is 1. The van der Waals surface area contributed by atoms with Gasteiger partial charge < -0.3 is 10.5 Å². The minimum absolute atomic E-state index is 0.0604. The van der Waals surface area contributed by atoms with Gasteiger partial charge in [0.1, 0.15) is 23.3 Å². The molecule has 8 nitrogen and oxygen atoms in total. The summed E-state index contributed by atoms with van der Waals surface area (Å²) in [5, 5.41) is 15.9. The van der Waals surface area contributed by atoms with Crippen LogP contribution in [0.1, 0.15) is 56.3 Å². The van der Waals surface area contributed by atoms with E-state index in [0.717, 1.165) is 48.0 Å². The SMILES string of the molecule is CC.Cc1ncc2c(C#N)c(N)n(-c3c(C)ccc4c3cnn4C3CCCCO3)c2n1. The molecule has 1 aliphatic heterocycles. The van der Waals surface area contributed by atoms with Gasteiger partial charge in [-0.1, -0.05) is 19.9 Å². The van der Waals surface area contributed by atoms with E-state index in [1.54, 1.807) is 6.20 Å². The highest BCUT2D eigenvalue weighted by atomic mass is 16.5. The number of hydrogen-bond donors (Lipinski definition) is 1. The second-order valence-corrected chi connectivity index (χ2v) is 7.44. The van der Waals surface area contributed by atoms with Crippen molar-refractivity contribution in [1.82, 2.24) is 24.3 Å². The lowest BCUT2D eigenvalue weighted by atomic mass is 10.1. The first-order chi connectivity index (χ1) is 15.1. The molecule has 1 aliphatic rings. The molecule has 4 aromatic rings. The van der Waals surface area contributed by atoms with Crippen LogP contribution in [0.4, 0.5) is 5.82 Å². The van der Waals surface area contributed by atoms with E-state index in [2.05, 4.69) is 27.2 Å². The molecule has 4 heterocycles. The fourth-order valence-corrected chi connectivity index (χ4v) is 4.17. The average Bonchev–Trinajstić information content (AvgIpc) is 3.34. The first kappa shape index (κ1) is 20.8. The number of fused-ring (bicyclic) bond motifs is 2. The van der Waals surface area contributed by atoms with Gasteiger partial charge in [0.05, 0.1) is 22.8 Å². The molecule has 0 aliphatic carbocycles. The molecule has 2 N–H and O–H groups in total. The Balaban J connectivity index is 0.00000112. The molecule has 3 aromatic heterocycles. The largest absolute Gasteiger partial charge is 0.384 e. The molecule has 8 heteroatoms. The third kappa shape index (κ3) is 3.31. The van der Waals surface area contributed by atoms with Gasteiger partial charge in [0.15, 0.2) is 11.9 Å². The van der Waals surface area contributed by atoms with Crippen LogP contribution in [0.5, 0.6) is 0 Å². The maximum atomic E-state index is 9.67. The van der Waals surface area contributed by atoms with E-state index >= 15 is 0 Å². The van der Waals surface area contributed by atoms with E-state index in [4.69, 9.17) is 10.5 Å². The number of anilines is 1. The standard InChI is InChI=1S/C21H21N7O.C2H6/c1-12-6-7-17-16(11-25-28(17)18-5-3-4-8-29-18)19(12)27-20(23)14(9-22)15-10-24-13(2)26-21(15)27;1-2/h6-7,10-11,18H,3-5,8,23H2,1-2H3;1-2H3. The van der Waals surface area contributed by atoms with Crippen LogP contribution in [-0.4, -0.2) is 30.9 Å². The Morgan fingerprint density at radius 2 is 1.97 bits per heavy atom. The van der Waals surface area contributed by atoms with Crippen molar-refractivity contribution in [2.45, 2.75) is 53.2 Å². The first-order valence-electron chi connectivity index (χ1n) is 10.7. The number of rotatable bonds is 2. The Bertz CT molecular complexity index is 1290. The summed E-state index contributed by atoms with van der Waals surface area (Å²) in [6.45, 7) is 8.60. The summed E-state index contributed by atoms with van der Waals surface area (Å²) < 4.78 is 9.75. The van der Waals surface area contributed by atoms with Crippen LogP contribution in [0.25, 0.3) is 27.6 Å². The topological polar surface area (TPSA) is 108 Å². The number of nitriles is 1. The third-order valence-electron chi connectivity index (χ3n) is 5.58. The van der Waals surface area contributed by atoms with E-state index in [9.17, 15) is 5.26 Å². The molecule has 1 saturated heterocycles. The van der Waals surface area contributed by atoms with E-state index in [0.29, 0.717) is 28.2 Å². The van der Waals surface area contributed by atoms with Crippen LogP contribution >= 0.6 is 0 Å². The van der Waals surface area contributed by atoms with Gasteiger partial charge in [0.25, 0.3) is 0 Å². The van der Waals surface area contributed by atoms with Crippen molar-refractivity contribution in [3.8, 4) is 11.8 Å². The Kier molecular flexibility index (Phi) is 5.61. The molecule has 0 amide bonds. The molecule has 1 atom stereocenters. The van der Waals surface area contributed by atoms with Gasteiger partial charge in [0.2, 0.25) is 0 Å². The van der Waals surface area contributed by atoms with Crippen molar-refractivity contribution in [3.63, 3.8) is 0 Å². The second-order valence-electron chi connectivity index (χ2n) is 7.44. The van der Waals surface area contributed by atoms with Crippen LogP contribution in [0.2, 0.25) is 0 Å². The summed E-state index contributed by atoms with van der Waals surface area (Å²) in [7, 11) is 0. The summed E-state index contributed by atoms with van der Waals surface area (Å²) in [4.78, 5) is 8.84. The maximum absolute atomic E-state index is 9.67. The Morgan fingerprint density at radius 3 is 2.68 bits per heavy atom. The number of hydrogen-bond acceptors (Lipinski definition) is 6. The molecule has 1 aromatic carbocycles. The number of ether oxygens (including phenoxy) is 1. The zero-order valence-electron chi connectivity index (χ0n) is 18.4. The van der Waals surface area contributed by atoms with Crippen molar-refractivity contribution in [3.05, 3.63) is 41.5 Å². The molecule has 0 radical (unpaired) electrons. The summed E-state index contributed by atoms with van der Waals surface area (Å²) in [6.07, 6.45) is 6.61. The third-order valence-corrected chi connectivity index (χ3v) is 5.58. The van der Waals surface area contributed by atoms with Gasteiger partial charge in [0, 0.05) is 18.2 Å². The molecule has 5 rings (SSSR count). The summed E-state index contributed by atoms with van der Waals surface area (Å²) in [5.41, 5.74) is 10.3. The van der Waals surface area contributed by atoms with Gasteiger partial charge in [-0.25, -0.2) is 14.6 Å². The van der Waals surface area contributed by atoms with Crippen LogP contribution < -0.4 is 5.73 Å². The number of nitrogen functional groups attached to an aromatic ring is 1. The zero-order chi connectivity index (χ0) is 22.1. The number of nitrogens with zero attached hydrogens (tertiary/aromatic N) is 6. The highest BCUT2D eigenvalue weighted by Gasteiger charge is 2.24. The van der Waals surface area contributed by atoms with Crippen molar-refractivity contribution >= 4 is 27.8 Å². The predicted octanol–water partition coefficient (Wildman–Crippen LogP) is 4.57. The normalized spacial score (nSPS) is 16.2. The summed E-state index contributed by atoms with van der Waals surface area (Å²) in [6, 6.07) is 6.31. The lowest BCUT2D eigenvalue weighted by Gasteiger charge is -2.23. The van der Waals surface area contributed by atoms with E-state index in [1.165, 1.54) is 0 Å². The van der Waals surface area contributed by atoms with Gasteiger partial charge in [-0.05, 0) is 44.7 Å². The fraction of sp³-hybridized carbons (Fsp3) is 0.391. The molecule has 31 heavy (non-hydrogen) atoms. The zero-order valence-corrected chi connectivity index (χ0v) is 18.4. The fourth-order valence-electron chi connectivity index (χ4n) is 4.17. The Hall–Kier alpha value is -3.44. The van der Waals surface area contributed by atoms with Gasteiger partial charge in [-0.15, -0.1) is 0 Å². The Labute approximate surface area is 181 Å². The van der Waals surface area contributed by atoms with Crippen LogP contribution in [0.3, 0.4) is 0 Å². The van der Waals surface area contributed by atoms with Crippen LogP contribution in [0.15, 0.2) is 24.5 Å². The van der Waals surface area contributed by atoms with Gasteiger partial charge in [-0.2, -0.15) is 10.4 Å². The number of aromatic nitrogens is 5. The molecular formula is C23H27N7O. The highest BCUT2D eigenvalue weighted by molar-refractivity contribution is 5.96. The second kappa shape index (κ2) is 8.36. The monoisotopic (exact) mass is 417 g/mol. The molecular weight excluding hydrogens is 390 g/mol. The van der Waals surface area contributed by atoms with Crippen molar-refractivity contribution < 1.29 is 4.74 Å². The highest BCUT2D eigenvalue weighted by Crippen LogP contribution is 2.36. The van der Waals surface area contributed by atoms with Crippen molar-refractivity contribution in [1.29, 1.82) is 5.26 Å². The maximum Gasteiger partial charge on any atom is 0.151 e. The summed E-state index contributed by atoms with van der Waals surface area (Å²) >= 11 is 0. The van der Waals surface area contributed by atoms with E-state index in [1.807, 2.05) is 49.2 Å². The summed E-state index contributed by atoms with van der Waals surface area (Å²) in [5.74, 6) is 0.983. The lowest BCUT2D eigenvalue weighted by Crippen LogP contribution is -2.19. The molecule has 160 valence electrons. The molecule has 0 spiro atoms. The predicted molar refractivity (Wildman–Crippen MR) is 121 cm³/mol. The molecule has 1 unspecified atom stereocenters. The molecule has 0 saturated carbocycles. The smallest absolute Gasteiger partial charge is 0.151 e. The van der Waals surface area contributed by atoms with Crippen LogP contribution in [0, 0.1) is 25.2 Å². The van der Waals surface area contributed by atoms with Crippen molar-refractivity contribution in [2.75, 3.05) is 12.3 Å². The molecule has 1 fully saturated rings. The number of nitrogens with two attached hydrogens (primary N) is 1. The minimum atomic E-state index is -0.0604. The lowest BCUT2D eigenvalue weighted by molar-refractivity contribution is -0.0366. The minimum Gasteiger partial charge on any atom is -0.384 e. The average molecular weight is 418 g/mol. The molecule has 0 bridgehead atoms. The number of aryl methyl sites for hydroxylation is 2. The quantitative estimate of drug-likeness (QED) is 0.512. The van der Waals surface area contributed by atoms with Gasteiger partial charge in [-0.3, -0.25) is 4.57 Å². The van der Waals surface area contributed by atoms with Gasteiger partial charge >= 0.3 is 0 Å².